The Labute approximate surface area is 136 Å². The predicted molar refractivity (Wildman–Crippen MR) is 83.5 cm³/mol. The monoisotopic (exact) mass is 332 g/mol. The maximum absolute atomic E-state index is 10.0. The lowest BCUT2D eigenvalue weighted by atomic mass is 9.94. The number of aliphatic hydroxyl groups excluding tert-OH is 5. The second kappa shape index (κ2) is 8.34. The molecule has 1 saturated heterocycles. The van der Waals surface area contributed by atoms with Gasteiger partial charge in [0.1, 0.15) is 24.4 Å². The Morgan fingerprint density at radius 1 is 1.30 bits per heavy atom. The average molecular weight is 332 g/mol. The molecule has 1 rings (SSSR count). The van der Waals surface area contributed by atoms with Gasteiger partial charge < -0.3 is 35.0 Å². The van der Waals surface area contributed by atoms with Crippen LogP contribution in [0.1, 0.15) is 26.7 Å². The van der Waals surface area contributed by atoms with Crippen LogP contribution in [0, 0.1) is 0 Å². The smallest absolute Gasteiger partial charge is 0.187 e. The molecule has 7 atom stereocenters. The summed E-state index contributed by atoms with van der Waals surface area (Å²) in [6.45, 7) is 10.3. The average Bonchev–Trinajstić information content (AvgIpc) is 2.53. The van der Waals surface area contributed by atoms with E-state index in [1.807, 2.05) is 0 Å². The summed E-state index contributed by atoms with van der Waals surface area (Å²) in [7, 11) is 0. The van der Waals surface area contributed by atoms with Crippen molar-refractivity contribution in [3.8, 4) is 0 Å². The van der Waals surface area contributed by atoms with Crippen LogP contribution in [0.15, 0.2) is 24.8 Å². The molecule has 5 N–H and O–H groups in total. The van der Waals surface area contributed by atoms with Gasteiger partial charge in [-0.25, -0.2) is 0 Å². The molecule has 1 aliphatic heterocycles. The SMILES string of the molecule is C=CC(C)(CCC(O)C(=C)C)O[C@@H]1O[C@H](CO)[C@@H](O)[C@H](O)[C@H]1O. The van der Waals surface area contributed by atoms with E-state index in [-0.39, 0.29) is 0 Å². The second-order valence-corrected chi connectivity index (χ2v) is 6.23. The molecule has 23 heavy (non-hydrogen) atoms. The van der Waals surface area contributed by atoms with Gasteiger partial charge in [-0.15, -0.1) is 6.58 Å². The van der Waals surface area contributed by atoms with Crippen LogP contribution < -0.4 is 0 Å². The zero-order valence-electron chi connectivity index (χ0n) is 13.6. The van der Waals surface area contributed by atoms with Gasteiger partial charge in [-0.3, -0.25) is 0 Å². The van der Waals surface area contributed by atoms with Gasteiger partial charge in [0.2, 0.25) is 0 Å². The Kier molecular flexibility index (Phi) is 7.34. The van der Waals surface area contributed by atoms with Crippen molar-refractivity contribution in [2.45, 2.75) is 69.1 Å². The molecular weight excluding hydrogens is 304 g/mol. The fraction of sp³-hybridized carbons (Fsp3) is 0.750. The second-order valence-electron chi connectivity index (χ2n) is 6.23. The summed E-state index contributed by atoms with van der Waals surface area (Å²) in [6.07, 6.45) is -5.11. The van der Waals surface area contributed by atoms with Crippen molar-refractivity contribution >= 4 is 0 Å². The van der Waals surface area contributed by atoms with E-state index in [1.54, 1.807) is 13.8 Å². The third-order valence-corrected chi connectivity index (χ3v) is 4.15. The molecule has 1 aliphatic rings. The lowest BCUT2D eigenvalue weighted by Gasteiger charge is -2.42. The Morgan fingerprint density at radius 2 is 1.91 bits per heavy atom. The van der Waals surface area contributed by atoms with Crippen molar-refractivity contribution in [1.29, 1.82) is 0 Å². The summed E-state index contributed by atoms with van der Waals surface area (Å²) in [5.41, 5.74) is -0.311. The van der Waals surface area contributed by atoms with Crippen LogP contribution in [0.5, 0.6) is 0 Å². The number of hydrogen-bond acceptors (Lipinski definition) is 7. The van der Waals surface area contributed by atoms with Crippen LogP contribution in [-0.4, -0.2) is 74.6 Å². The molecule has 0 radical (unpaired) electrons. The van der Waals surface area contributed by atoms with Crippen LogP contribution in [0.25, 0.3) is 0 Å². The molecule has 134 valence electrons. The molecule has 0 saturated carbocycles. The molecule has 7 heteroatoms. The molecule has 2 unspecified atom stereocenters. The first-order chi connectivity index (χ1) is 10.6. The van der Waals surface area contributed by atoms with Gasteiger partial charge in [0.05, 0.1) is 18.3 Å². The molecule has 0 aliphatic carbocycles. The third-order valence-electron chi connectivity index (χ3n) is 4.15. The fourth-order valence-corrected chi connectivity index (χ4v) is 2.31. The van der Waals surface area contributed by atoms with Crippen LogP contribution in [0.4, 0.5) is 0 Å². The Morgan fingerprint density at radius 3 is 2.39 bits per heavy atom. The number of aliphatic hydroxyl groups is 5. The van der Waals surface area contributed by atoms with E-state index in [0.29, 0.717) is 18.4 Å². The van der Waals surface area contributed by atoms with Crippen molar-refractivity contribution < 1.29 is 35.0 Å². The molecule has 0 aromatic carbocycles. The summed E-state index contributed by atoms with van der Waals surface area (Å²) in [6, 6.07) is 0. The molecular formula is C16H28O7. The summed E-state index contributed by atoms with van der Waals surface area (Å²) in [5.74, 6) is 0. The number of ether oxygens (including phenoxy) is 2. The first kappa shape index (κ1) is 20.2. The van der Waals surface area contributed by atoms with E-state index in [4.69, 9.17) is 9.47 Å². The molecule has 1 heterocycles. The van der Waals surface area contributed by atoms with E-state index in [0.717, 1.165) is 0 Å². The number of hydrogen-bond donors (Lipinski definition) is 5. The van der Waals surface area contributed by atoms with Gasteiger partial charge in [0.15, 0.2) is 6.29 Å². The Balaban J connectivity index is 2.76. The van der Waals surface area contributed by atoms with Crippen LogP contribution in [0.3, 0.4) is 0 Å². The van der Waals surface area contributed by atoms with Gasteiger partial charge in [-0.2, -0.15) is 0 Å². The highest BCUT2D eigenvalue weighted by atomic mass is 16.7. The molecule has 0 amide bonds. The maximum Gasteiger partial charge on any atom is 0.187 e. The molecule has 7 nitrogen and oxygen atoms in total. The largest absolute Gasteiger partial charge is 0.394 e. The highest BCUT2D eigenvalue weighted by molar-refractivity contribution is 5.01. The van der Waals surface area contributed by atoms with Crippen LogP contribution in [-0.2, 0) is 9.47 Å². The molecule has 0 aromatic heterocycles. The van der Waals surface area contributed by atoms with Crippen LogP contribution in [0.2, 0.25) is 0 Å². The van der Waals surface area contributed by atoms with E-state index in [9.17, 15) is 25.5 Å². The minimum atomic E-state index is -1.50. The van der Waals surface area contributed by atoms with E-state index < -0.39 is 49.0 Å². The maximum atomic E-state index is 10.0. The minimum absolute atomic E-state index is 0.370. The van der Waals surface area contributed by atoms with Gasteiger partial charge in [0.25, 0.3) is 0 Å². The molecule has 0 bridgehead atoms. The van der Waals surface area contributed by atoms with Gasteiger partial charge in [-0.05, 0) is 26.7 Å². The highest BCUT2D eigenvalue weighted by Crippen LogP contribution is 2.29. The third kappa shape index (κ3) is 5.09. The minimum Gasteiger partial charge on any atom is -0.394 e. The van der Waals surface area contributed by atoms with Crippen molar-refractivity contribution in [3.05, 3.63) is 24.8 Å². The van der Waals surface area contributed by atoms with Gasteiger partial charge in [0, 0.05) is 0 Å². The van der Waals surface area contributed by atoms with Crippen molar-refractivity contribution in [2.24, 2.45) is 0 Å². The van der Waals surface area contributed by atoms with E-state index in [1.165, 1.54) is 6.08 Å². The predicted octanol–water partition coefficient (Wildman–Crippen LogP) is -0.535. The quantitative estimate of drug-likeness (QED) is 0.379. The highest BCUT2D eigenvalue weighted by Gasteiger charge is 2.46. The molecule has 0 spiro atoms. The van der Waals surface area contributed by atoms with Crippen molar-refractivity contribution in [3.63, 3.8) is 0 Å². The Bertz CT molecular complexity index is 411. The van der Waals surface area contributed by atoms with Gasteiger partial charge >= 0.3 is 0 Å². The first-order valence-electron chi connectivity index (χ1n) is 7.60. The normalized spacial score (nSPS) is 35.3. The standard InChI is InChI=1S/C16H28O7/c1-5-16(4,7-6-10(18)9(2)3)23-15-14(21)13(20)12(19)11(8-17)22-15/h5,10-15,17-21H,1-2,6-8H2,3-4H3/t10?,11-,12-,13+,14-,15+,16?/m1/s1. The zero-order valence-corrected chi connectivity index (χ0v) is 13.6. The summed E-state index contributed by atoms with van der Waals surface area (Å²) >= 11 is 0. The first-order valence-corrected chi connectivity index (χ1v) is 7.60. The topological polar surface area (TPSA) is 120 Å². The van der Waals surface area contributed by atoms with Crippen molar-refractivity contribution in [2.75, 3.05) is 6.61 Å². The van der Waals surface area contributed by atoms with Crippen molar-refractivity contribution in [1.82, 2.24) is 0 Å². The lowest BCUT2D eigenvalue weighted by Crippen LogP contribution is -2.60. The molecule has 1 fully saturated rings. The summed E-state index contributed by atoms with van der Waals surface area (Å²) in [5, 5.41) is 48.5. The summed E-state index contributed by atoms with van der Waals surface area (Å²) in [4.78, 5) is 0. The lowest BCUT2D eigenvalue weighted by molar-refractivity contribution is -0.320. The van der Waals surface area contributed by atoms with Gasteiger partial charge in [-0.1, -0.05) is 18.2 Å². The number of rotatable bonds is 8. The zero-order chi connectivity index (χ0) is 17.8. The van der Waals surface area contributed by atoms with Crippen LogP contribution >= 0.6 is 0 Å². The summed E-state index contributed by atoms with van der Waals surface area (Å²) < 4.78 is 11.0. The Hall–Kier alpha value is -0.800. The molecule has 0 aromatic rings. The van der Waals surface area contributed by atoms with E-state index in [2.05, 4.69) is 13.2 Å². The van der Waals surface area contributed by atoms with E-state index >= 15 is 0 Å². The fourth-order valence-electron chi connectivity index (χ4n) is 2.31.